The van der Waals surface area contributed by atoms with Crippen molar-refractivity contribution in [3.05, 3.63) is 0 Å². The highest BCUT2D eigenvalue weighted by Crippen LogP contribution is 2.51. The van der Waals surface area contributed by atoms with Crippen LogP contribution in [0.1, 0.15) is 73.1 Å². The number of nitrogens with two attached hydrogens (primary N) is 1. The Labute approximate surface area is 95.8 Å². The third-order valence-electron chi connectivity index (χ3n) is 4.96. The lowest BCUT2D eigenvalue weighted by Gasteiger charge is -2.47. The molecule has 0 aliphatic heterocycles. The molecule has 0 spiro atoms. The Hall–Kier alpha value is -0.0400. The van der Waals surface area contributed by atoms with Crippen LogP contribution in [-0.4, -0.2) is 5.54 Å². The molecule has 1 nitrogen and oxygen atoms in total. The molecule has 1 rings (SSSR count). The van der Waals surface area contributed by atoms with Crippen molar-refractivity contribution in [2.24, 2.45) is 16.6 Å². The summed E-state index contributed by atoms with van der Waals surface area (Å²) in [5, 5.41) is 0. The van der Waals surface area contributed by atoms with Gasteiger partial charge in [-0.3, -0.25) is 0 Å². The minimum absolute atomic E-state index is 0.0650. The molecular weight excluding hydrogens is 182 g/mol. The molecule has 0 aromatic heterocycles. The first kappa shape index (κ1) is 13.0. The van der Waals surface area contributed by atoms with Crippen LogP contribution < -0.4 is 5.73 Å². The van der Waals surface area contributed by atoms with Crippen LogP contribution in [-0.2, 0) is 0 Å². The quantitative estimate of drug-likeness (QED) is 0.683. The van der Waals surface area contributed by atoms with Gasteiger partial charge in [0.25, 0.3) is 0 Å². The van der Waals surface area contributed by atoms with Crippen molar-refractivity contribution in [3.63, 3.8) is 0 Å². The van der Waals surface area contributed by atoms with Gasteiger partial charge in [-0.2, -0.15) is 0 Å². The van der Waals surface area contributed by atoms with E-state index >= 15 is 0 Å². The number of rotatable bonds is 2. The third kappa shape index (κ3) is 2.38. The smallest absolute Gasteiger partial charge is 0.0206 e. The van der Waals surface area contributed by atoms with E-state index in [1.165, 1.54) is 32.1 Å². The predicted octanol–water partition coefficient (Wildman–Crippen LogP) is 4.11. The van der Waals surface area contributed by atoms with Crippen LogP contribution in [0, 0.1) is 10.8 Å². The van der Waals surface area contributed by atoms with Crippen molar-refractivity contribution in [3.8, 4) is 0 Å². The zero-order valence-electron chi connectivity index (χ0n) is 11.3. The van der Waals surface area contributed by atoms with Crippen LogP contribution >= 0.6 is 0 Å². The molecule has 0 amide bonds. The zero-order chi connectivity index (χ0) is 11.7. The average molecular weight is 211 g/mol. The highest BCUT2D eigenvalue weighted by Gasteiger charge is 2.47. The second-order valence-corrected chi connectivity index (χ2v) is 6.62. The summed E-state index contributed by atoms with van der Waals surface area (Å²) in [5.41, 5.74) is 7.53. The Morgan fingerprint density at radius 3 is 2.07 bits per heavy atom. The van der Waals surface area contributed by atoms with Crippen molar-refractivity contribution in [1.29, 1.82) is 0 Å². The SMILES string of the molecule is CC[C@@]1(C)CC(C)(C)CCC[C@@]1(N)CC. The molecule has 0 aromatic rings. The summed E-state index contributed by atoms with van der Waals surface area (Å²) in [5.74, 6) is 0. The lowest BCUT2D eigenvalue weighted by Crippen LogP contribution is -2.53. The molecule has 0 aromatic carbocycles. The summed E-state index contributed by atoms with van der Waals surface area (Å²) in [6.45, 7) is 11.8. The zero-order valence-corrected chi connectivity index (χ0v) is 11.3. The van der Waals surface area contributed by atoms with E-state index in [4.69, 9.17) is 5.73 Å². The van der Waals surface area contributed by atoms with Crippen molar-refractivity contribution < 1.29 is 0 Å². The highest BCUT2D eigenvalue weighted by molar-refractivity contribution is 5.02. The summed E-state index contributed by atoms with van der Waals surface area (Å²) >= 11 is 0. The fourth-order valence-corrected chi connectivity index (χ4v) is 3.59. The van der Waals surface area contributed by atoms with Gasteiger partial charge in [0.1, 0.15) is 0 Å². The normalized spacial score (nSPS) is 41.2. The average Bonchev–Trinajstić information content (AvgIpc) is 2.23. The topological polar surface area (TPSA) is 26.0 Å². The molecule has 0 radical (unpaired) electrons. The van der Waals surface area contributed by atoms with Gasteiger partial charge in [0, 0.05) is 5.54 Å². The Morgan fingerprint density at radius 2 is 1.60 bits per heavy atom. The molecule has 1 heteroatoms. The van der Waals surface area contributed by atoms with Gasteiger partial charge in [-0.05, 0) is 42.9 Å². The first-order valence-corrected chi connectivity index (χ1v) is 6.57. The van der Waals surface area contributed by atoms with Gasteiger partial charge in [0.15, 0.2) is 0 Å². The largest absolute Gasteiger partial charge is 0.325 e. The van der Waals surface area contributed by atoms with Gasteiger partial charge < -0.3 is 5.73 Å². The van der Waals surface area contributed by atoms with Gasteiger partial charge in [-0.25, -0.2) is 0 Å². The summed E-state index contributed by atoms with van der Waals surface area (Å²) in [7, 11) is 0. The minimum atomic E-state index is 0.0650. The van der Waals surface area contributed by atoms with Crippen LogP contribution in [0.2, 0.25) is 0 Å². The first-order chi connectivity index (χ1) is 6.79. The lowest BCUT2D eigenvalue weighted by molar-refractivity contribution is 0.0823. The molecule has 90 valence electrons. The molecule has 0 heterocycles. The maximum Gasteiger partial charge on any atom is 0.0206 e. The monoisotopic (exact) mass is 211 g/mol. The standard InChI is InChI=1S/C14H29N/c1-6-13(5)11-12(3,4)9-8-10-14(13,15)7-2/h6-11,15H2,1-5H3/t13-,14-/m0/s1. The molecule has 0 saturated heterocycles. The summed E-state index contributed by atoms with van der Waals surface area (Å²) in [6.07, 6.45) is 7.45. The van der Waals surface area contributed by atoms with Gasteiger partial charge >= 0.3 is 0 Å². The van der Waals surface area contributed by atoms with Gasteiger partial charge in [-0.15, -0.1) is 0 Å². The molecule has 0 bridgehead atoms. The van der Waals surface area contributed by atoms with E-state index in [0.29, 0.717) is 10.8 Å². The second-order valence-electron chi connectivity index (χ2n) is 6.62. The molecular formula is C14H29N. The summed E-state index contributed by atoms with van der Waals surface area (Å²) < 4.78 is 0. The molecule has 2 N–H and O–H groups in total. The fourth-order valence-electron chi connectivity index (χ4n) is 3.59. The first-order valence-electron chi connectivity index (χ1n) is 6.57. The van der Waals surface area contributed by atoms with Crippen LogP contribution in [0.25, 0.3) is 0 Å². The summed E-state index contributed by atoms with van der Waals surface area (Å²) in [4.78, 5) is 0. The van der Waals surface area contributed by atoms with Gasteiger partial charge in [0.05, 0.1) is 0 Å². The highest BCUT2D eigenvalue weighted by atomic mass is 14.8. The molecule has 1 fully saturated rings. The van der Waals surface area contributed by atoms with Crippen molar-refractivity contribution in [1.82, 2.24) is 0 Å². The van der Waals surface area contributed by atoms with E-state index in [2.05, 4.69) is 34.6 Å². The second kappa shape index (κ2) is 4.08. The van der Waals surface area contributed by atoms with E-state index in [9.17, 15) is 0 Å². The molecule has 1 aliphatic carbocycles. The van der Waals surface area contributed by atoms with E-state index < -0.39 is 0 Å². The van der Waals surface area contributed by atoms with E-state index in [1.807, 2.05) is 0 Å². The number of hydrogen-bond donors (Lipinski definition) is 1. The van der Waals surface area contributed by atoms with Crippen LogP contribution in [0.5, 0.6) is 0 Å². The van der Waals surface area contributed by atoms with Crippen molar-refractivity contribution >= 4 is 0 Å². The predicted molar refractivity (Wildman–Crippen MR) is 67.9 cm³/mol. The maximum atomic E-state index is 6.67. The number of hydrogen-bond acceptors (Lipinski definition) is 1. The Morgan fingerprint density at radius 1 is 1.00 bits per heavy atom. The van der Waals surface area contributed by atoms with Crippen molar-refractivity contribution in [2.45, 2.75) is 78.7 Å². The molecule has 1 saturated carbocycles. The van der Waals surface area contributed by atoms with E-state index in [-0.39, 0.29) is 5.54 Å². The fraction of sp³-hybridized carbons (Fsp3) is 1.00. The molecule has 0 unspecified atom stereocenters. The maximum absolute atomic E-state index is 6.67. The third-order valence-corrected chi connectivity index (χ3v) is 4.96. The Bertz CT molecular complexity index is 221. The van der Waals surface area contributed by atoms with Crippen LogP contribution in [0.4, 0.5) is 0 Å². The van der Waals surface area contributed by atoms with Crippen molar-refractivity contribution in [2.75, 3.05) is 0 Å². The summed E-state index contributed by atoms with van der Waals surface area (Å²) in [6, 6.07) is 0. The van der Waals surface area contributed by atoms with Gasteiger partial charge in [-0.1, -0.05) is 41.0 Å². The van der Waals surface area contributed by atoms with Crippen LogP contribution in [0.3, 0.4) is 0 Å². The molecule has 2 atom stereocenters. The molecule has 15 heavy (non-hydrogen) atoms. The minimum Gasteiger partial charge on any atom is -0.325 e. The van der Waals surface area contributed by atoms with Crippen LogP contribution in [0.15, 0.2) is 0 Å². The Balaban J connectivity index is 3.01. The molecule has 1 aliphatic rings. The van der Waals surface area contributed by atoms with E-state index in [0.717, 1.165) is 6.42 Å². The lowest BCUT2D eigenvalue weighted by atomic mass is 9.62. The Kier molecular flexibility index (Phi) is 3.55. The van der Waals surface area contributed by atoms with E-state index in [1.54, 1.807) is 0 Å². The van der Waals surface area contributed by atoms with Gasteiger partial charge in [0.2, 0.25) is 0 Å².